The Hall–Kier alpha value is -0.130. The number of sulfonamides is 1. The van der Waals surface area contributed by atoms with Gasteiger partial charge in [-0.2, -0.15) is 0 Å². The summed E-state index contributed by atoms with van der Waals surface area (Å²) in [5.74, 6) is 0.223. The summed E-state index contributed by atoms with van der Waals surface area (Å²) in [7, 11) is 0.208. The summed E-state index contributed by atoms with van der Waals surface area (Å²) in [5.41, 5.74) is 0. The fourth-order valence-electron chi connectivity index (χ4n) is 0.883. The van der Waals surface area contributed by atoms with Crippen LogP contribution in [0.4, 0.5) is 0 Å². The zero-order chi connectivity index (χ0) is 10.3. The molecule has 0 atom stereocenters. The Bertz CT molecular complexity index is 213. The van der Waals surface area contributed by atoms with E-state index < -0.39 is 10.0 Å². The van der Waals surface area contributed by atoms with Crippen molar-refractivity contribution in [3.05, 3.63) is 0 Å². The van der Waals surface area contributed by atoms with Gasteiger partial charge in [0.05, 0.1) is 5.75 Å². The van der Waals surface area contributed by atoms with Crippen LogP contribution >= 0.6 is 0 Å². The molecule has 4 nitrogen and oxygen atoms in total. The molecule has 0 saturated heterocycles. The van der Waals surface area contributed by atoms with Crippen molar-refractivity contribution in [3.8, 4) is 0 Å². The van der Waals surface area contributed by atoms with Crippen LogP contribution in [0.25, 0.3) is 0 Å². The average Bonchev–Trinajstić information content (AvgIpc) is 2.11. The summed E-state index contributed by atoms with van der Waals surface area (Å²) in [6, 6.07) is 0. The Kier molecular flexibility index (Phi) is 6.28. The molecule has 13 heavy (non-hydrogen) atoms. The molecule has 0 aliphatic heterocycles. The summed E-state index contributed by atoms with van der Waals surface area (Å²) in [6.45, 7) is 2.99. The molecule has 0 aromatic rings. The molecule has 0 fully saturated rings. The van der Waals surface area contributed by atoms with Gasteiger partial charge in [0, 0.05) is 27.3 Å². The first kappa shape index (κ1) is 12.9. The SMILES string of the molecule is CCN(C)S(=O)(=O)CCCCOC. The number of rotatable bonds is 7. The van der Waals surface area contributed by atoms with Crippen LogP contribution in [0.5, 0.6) is 0 Å². The van der Waals surface area contributed by atoms with Crippen LogP contribution < -0.4 is 0 Å². The number of unbranched alkanes of at least 4 members (excludes halogenated alkanes) is 1. The van der Waals surface area contributed by atoms with E-state index in [1.54, 1.807) is 14.2 Å². The highest BCUT2D eigenvalue weighted by Gasteiger charge is 2.14. The molecular weight excluding hydrogens is 190 g/mol. The highest BCUT2D eigenvalue weighted by atomic mass is 32.2. The van der Waals surface area contributed by atoms with E-state index in [1.165, 1.54) is 4.31 Å². The van der Waals surface area contributed by atoms with Gasteiger partial charge in [-0.15, -0.1) is 0 Å². The molecule has 0 aromatic carbocycles. The maximum atomic E-state index is 11.4. The summed E-state index contributed by atoms with van der Waals surface area (Å²) in [6.07, 6.45) is 1.47. The van der Waals surface area contributed by atoms with Crippen molar-refractivity contribution < 1.29 is 13.2 Å². The summed E-state index contributed by atoms with van der Waals surface area (Å²) >= 11 is 0. The minimum atomic E-state index is -3.01. The Morgan fingerprint density at radius 1 is 1.31 bits per heavy atom. The second-order valence-electron chi connectivity index (χ2n) is 2.93. The van der Waals surface area contributed by atoms with E-state index in [4.69, 9.17) is 4.74 Å². The van der Waals surface area contributed by atoms with E-state index in [2.05, 4.69) is 0 Å². The van der Waals surface area contributed by atoms with Crippen molar-refractivity contribution in [2.24, 2.45) is 0 Å². The smallest absolute Gasteiger partial charge is 0.213 e. The lowest BCUT2D eigenvalue weighted by Gasteiger charge is -2.14. The van der Waals surface area contributed by atoms with Gasteiger partial charge < -0.3 is 4.74 Å². The third kappa shape index (κ3) is 5.23. The predicted molar refractivity (Wildman–Crippen MR) is 53.2 cm³/mol. The molecule has 0 spiro atoms. The Labute approximate surface area is 80.9 Å². The molecule has 0 aliphatic rings. The molecule has 0 saturated carbocycles. The van der Waals surface area contributed by atoms with Gasteiger partial charge in [-0.3, -0.25) is 0 Å². The summed E-state index contributed by atoms with van der Waals surface area (Å²) < 4.78 is 29.0. The molecule has 80 valence electrons. The fourth-order valence-corrected chi connectivity index (χ4v) is 2.16. The van der Waals surface area contributed by atoms with Crippen molar-refractivity contribution in [2.45, 2.75) is 19.8 Å². The van der Waals surface area contributed by atoms with Crippen LogP contribution in [-0.4, -0.2) is 45.8 Å². The zero-order valence-electron chi connectivity index (χ0n) is 8.62. The van der Waals surface area contributed by atoms with E-state index in [1.807, 2.05) is 6.92 Å². The lowest BCUT2D eigenvalue weighted by atomic mass is 10.4. The number of hydrogen-bond acceptors (Lipinski definition) is 3. The molecule has 0 radical (unpaired) electrons. The number of hydrogen-bond donors (Lipinski definition) is 0. The van der Waals surface area contributed by atoms with Gasteiger partial charge in [0.2, 0.25) is 10.0 Å². The lowest BCUT2D eigenvalue weighted by molar-refractivity contribution is 0.194. The standard InChI is InChI=1S/C8H19NO3S/c1-4-9(2)13(10,11)8-6-5-7-12-3/h4-8H2,1-3H3. The van der Waals surface area contributed by atoms with Gasteiger partial charge in [-0.25, -0.2) is 12.7 Å². The Balaban J connectivity index is 3.77. The van der Waals surface area contributed by atoms with Gasteiger partial charge >= 0.3 is 0 Å². The van der Waals surface area contributed by atoms with E-state index in [0.717, 1.165) is 6.42 Å². The van der Waals surface area contributed by atoms with Crippen LogP contribution in [0.1, 0.15) is 19.8 Å². The van der Waals surface area contributed by atoms with Crippen molar-refractivity contribution in [1.29, 1.82) is 0 Å². The van der Waals surface area contributed by atoms with E-state index >= 15 is 0 Å². The van der Waals surface area contributed by atoms with Gasteiger partial charge in [-0.1, -0.05) is 6.92 Å². The van der Waals surface area contributed by atoms with Crippen LogP contribution in [0.2, 0.25) is 0 Å². The first-order valence-electron chi connectivity index (χ1n) is 4.47. The molecule has 0 aliphatic carbocycles. The normalized spacial score (nSPS) is 12.3. The van der Waals surface area contributed by atoms with Gasteiger partial charge in [0.25, 0.3) is 0 Å². The van der Waals surface area contributed by atoms with E-state index in [-0.39, 0.29) is 5.75 Å². The fraction of sp³-hybridized carbons (Fsp3) is 1.00. The van der Waals surface area contributed by atoms with Gasteiger partial charge in [0.15, 0.2) is 0 Å². The summed E-state index contributed by atoms with van der Waals surface area (Å²) in [5, 5.41) is 0. The Morgan fingerprint density at radius 3 is 2.38 bits per heavy atom. The Morgan fingerprint density at radius 2 is 1.92 bits per heavy atom. The van der Waals surface area contributed by atoms with Crippen LogP contribution in [0.3, 0.4) is 0 Å². The second kappa shape index (κ2) is 6.34. The number of methoxy groups -OCH3 is 1. The van der Waals surface area contributed by atoms with Crippen molar-refractivity contribution in [2.75, 3.05) is 33.1 Å². The molecule has 0 rings (SSSR count). The monoisotopic (exact) mass is 209 g/mol. The molecule has 0 N–H and O–H groups in total. The molecule has 0 heterocycles. The van der Waals surface area contributed by atoms with Crippen molar-refractivity contribution in [1.82, 2.24) is 4.31 Å². The number of ether oxygens (including phenoxy) is 1. The average molecular weight is 209 g/mol. The third-order valence-electron chi connectivity index (χ3n) is 1.92. The van der Waals surface area contributed by atoms with Gasteiger partial charge in [0.1, 0.15) is 0 Å². The molecule has 0 amide bonds. The first-order valence-corrected chi connectivity index (χ1v) is 6.08. The second-order valence-corrected chi connectivity index (χ2v) is 5.13. The summed E-state index contributed by atoms with van der Waals surface area (Å²) in [4.78, 5) is 0. The van der Waals surface area contributed by atoms with E-state index in [0.29, 0.717) is 19.6 Å². The van der Waals surface area contributed by atoms with Crippen LogP contribution in [-0.2, 0) is 14.8 Å². The minimum absolute atomic E-state index is 0.223. The quantitative estimate of drug-likeness (QED) is 0.580. The molecule has 5 heteroatoms. The van der Waals surface area contributed by atoms with Crippen molar-refractivity contribution >= 4 is 10.0 Å². The van der Waals surface area contributed by atoms with Crippen molar-refractivity contribution in [3.63, 3.8) is 0 Å². The molecule has 0 aromatic heterocycles. The minimum Gasteiger partial charge on any atom is -0.385 e. The first-order chi connectivity index (χ1) is 6.04. The molecule has 0 bridgehead atoms. The molecular formula is C8H19NO3S. The topological polar surface area (TPSA) is 46.6 Å². The van der Waals surface area contributed by atoms with Crippen LogP contribution in [0, 0.1) is 0 Å². The highest BCUT2D eigenvalue weighted by molar-refractivity contribution is 7.89. The maximum Gasteiger partial charge on any atom is 0.213 e. The number of nitrogens with zero attached hydrogens (tertiary/aromatic N) is 1. The lowest BCUT2D eigenvalue weighted by Crippen LogP contribution is -2.28. The molecule has 0 unspecified atom stereocenters. The van der Waals surface area contributed by atoms with Crippen LogP contribution in [0.15, 0.2) is 0 Å². The maximum absolute atomic E-state index is 11.4. The highest BCUT2D eigenvalue weighted by Crippen LogP contribution is 2.01. The van der Waals surface area contributed by atoms with E-state index in [9.17, 15) is 8.42 Å². The zero-order valence-corrected chi connectivity index (χ0v) is 9.43. The predicted octanol–water partition coefficient (Wildman–Crippen LogP) is 0.694. The largest absolute Gasteiger partial charge is 0.385 e. The van der Waals surface area contributed by atoms with Gasteiger partial charge in [-0.05, 0) is 12.8 Å². The third-order valence-corrected chi connectivity index (χ3v) is 3.93.